The van der Waals surface area contributed by atoms with Gasteiger partial charge in [0, 0.05) is 16.1 Å². The Morgan fingerprint density at radius 1 is 0.771 bits per heavy atom. The van der Waals surface area contributed by atoms with Gasteiger partial charge in [0.15, 0.2) is 0 Å². The number of benzene rings is 5. The van der Waals surface area contributed by atoms with E-state index in [9.17, 15) is 18.0 Å². The summed E-state index contributed by atoms with van der Waals surface area (Å²) in [7, 11) is 0. The number of fused-ring (bicyclic) bond motifs is 3. The Bertz CT molecular complexity index is 1610. The molecule has 0 aliphatic rings. The number of hydrogen-bond donors (Lipinski definition) is 1. The molecule has 1 amide bonds. The fourth-order valence-corrected chi connectivity index (χ4v) is 4.85. The Hall–Kier alpha value is -3.38. The standard InChI is InChI=1S/C29H21BrF3NO/c1-16(2)34-28(35)19-6-10-25-21(12-19)13-22-11-18-5-9-24(30)14-20(18)15-26(22)27(25)17-3-7-23(8-4-17)29(31,32)33/h3-16H,1-2H3,(H,34,35). The Labute approximate surface area is 208 Å². The fraction of sp³-hybridized carbons (Fsp3) is 0.138. The number of hydrogen-bond acceptors (Lipinski definition) is 1. The lowest BCUT2D eigenvalue weighted by Gasteiger charge is -2.16. The summed E-state index contributed by atoms with van der Waals surface area (Å²) in [6.07, 6.45) is -4.40. The van der Waals surface area contributed by atoms with Crippen molar-refractivity contribution in [3.05, 3.63) is 94.5 Å². The molecular weight excluding hydrogens is 515 g/mol. The van der Waals surface area contributed by atoms with Crippen molar-refractivity contribution in [1.82, 2.24) is 5.32 Å². The number of carbonyl (C=O) groups excluding carboxylic acids is 1. The highest BCUT2D eigenvalue weighted by molar-refractivity contribution is 9.10. The molecule has 0 saturated heterocycles. The minimum absolute atomic E-state index is 0.00296. The molecule has 0 aliphatic heterocycles. The molecule has 2 nitrogen and oxygen atoms in total. The molecule has 35 heavy (non-hydrogen) atoms. The molecule has 0 aliphatic carbocycles. The molecule has 0 bridgehead atoms. The first-order chi connectivity index (χ1) is 16.6. The summed E-state index contributed by atoms with van der Waals surface area (Å²) in [4.78, 5) is 12.6. The lowest BCUT2D eigenvalue weighted by atomic mass is 9.89. The molecule has 0 radical (unpaired) electrons. The van der Waals surface area contributed by atoms with Crippen molar-refractivity contribution < 1.29 is 18.0 Å². The van der Waals surface area contributed by atoms with E-state index in [1.807, 2.05) is 50.2 Å². The van der Waals surface area contributed by atoms with Crippen molar-refractivity contribution in [3.63, 3.8) is 0 Å². The lowest BCUT2D eigenvalue weighted by molar-refractivity contribution is -0.137. The SMILES string of the molecule is CC(C)NC(=O)c1ccc2c(-c3ccc(C(F)(F)F)cc3)c3cc4cc(Br)ccc4cc3cc2c1. The molecular formula is C29H21BrF3NO. The highest BCUT2D eigenvalue weighted by atomic mass is 79.9. The van der Waals surface area contributed by atoms with Crippen molar-refractivity contribution in [2.45, 2.75) is 26.1 Å². The van der Waals surface area contributed by atoms with Crippen molar-refractivity contribution in [2.75, 3.05) is 0 Å². The van der Waals surface area contributed by atoms with Crippen LogP contribution in [0.4, 0.5) is 13.2 Å². The van der Waals surface area contributed by atoms with Crippen LogP contribution in [0, 0.1) is 0 Å². The third kappa shape index (κ3) is 4.50. The third-order valence-electron chi connectivity index (χ3n) is 6.05. The van der Waals surface area contributed by atoms with Gasteiger partial charge in [-0.1, -0.05) is 40.2 Å². The quantitative estimate of drug-likeness (QED) is 0.230. The zero-order valence-corrected chi connectivity index (χ0v) is 20.6. The van der Waals surface area contributed by atoms with Crippen LogP contribution in [0.2, 0.25) is 0 Å². The number of rotatable bonds is 3. The summed E-state index contributed by atoms with van der Waals surface area (Å²) >= 11 is 3.52. The Kier molecular flexibility index (Phi) is 5.80. The van der Waals surface area contributed by atoms with Gasteiger partial charge in [0.05, 0.1) is 5.56 Å². The van der Waals surface area contributed by atoms with Crippen LogP contribution in [0.1, 0.15) is 29.8 Å². The number of halogens is 4. The summed E-state index contributed by atoms with van der Waals surface area (Å²) < 4.78 is 40.6. The first-order valence-corrected chi connectivity index (χ1v) is 12.0. The Balaban J connectivity index is 1.81. The maximum absolute atomic E-state index is 13.2. The van der Waals surface area contributed by atoms with Crippen LogP contribution in [-0.4, -0.2) is 11.9 Å². The van der Waals surface area contributed by atoms with Crippen molar-refractivity contribution in [2.24, 2.45) is 0 Å². The van der Waals surface area contributed by atoms with Crippen LogP contribution in [0.3, 0.4) is 0 Å². The predicted molar refractivity (Wildman–Crippen MR) is 140 cm³/mol. The first-order valence-electron chi connectivity index (χ1n) is 11.2. The van der Waals surface area contributed by atoms with Gasteiger partial charge < -0.3 is 5.32 Å². The van der Waals surface area contributed by atoms with Gasteiger partial charge in [-0.25, -0.2) is 0 Å². The zero-order chi connectivity index (χ0) is 24.9. The van der Waals surface area contributed by atoms with Gasteiger partial charge in [0.2, 0.25) is 0 Å². The maximum Gasteiger partial charge on any atom is 0.416 e. The molecule has 5 aromatic rings. The second kappa shape index (κ2) is 8.68. The lowest BCUT2D eigenvalue weighted by Crippen LogP contribution is -2.29. The summed E-state index contributed by atoms with van der Waals surface area (Å²) in [6.45, 7) is 3.80. The highest BCUT2D eigenvalue weighted by Crippen LogP contribution is 2.40. The van der Waals surface area contributed by atoms with Gasteiger partial charge in [-0.3, -0.25) is 4.79 Å². The second-order valence-electron chi connectivity index (χ2n) is 8.96. The normalized spacial score (nSPS) is 12.1. The smallest absolute Gasteiger partial charge is 0.350 e. The molecule has 176 valence electrons. The molecule has 0 atom stereocenters. The molecule has 5 rings (SSSR count). The largest absolute Gasteiger partial charge is 0.416 e. The van der Waals surface area contributed by atoms with E-state index >= 15 is 0 Å². The van der Waals surface area contributed by atoms with Crippen molar-refractivity contribution >= 4 is 54.2 Å². The minimum Gasteiger partial charge on any atom is -0.350 e. The van der Waals surface area contributed by atoms with Gasteiger partial charge in [-0.05, 0) is 112 Å². The molecule has 0 aromatic heterocycles. The molecule has 5 aromatic carbocycles. The van der Waals surface area contributed by atoms with Crippen LogP contribution in [0.5, 0.6) is 0 Å². The van der Waals surface area contributed by atoms with Crippen LogP contribution >= 0.6 is 15.9 Å². The Morgan fingerprint density at radius 2 is 1.46 bits per heavy atom. The van der Waals surface area contributed by atoms with Gasteiger partial charge in [-0.15, -0.1) is 0 Å². The highest BCUT2D eigenvalue weighted by Gasteiger charge is 2.30. The Morgan fingerprint density at radius 3 is 2.14 bits per heavy atom. The van der Waals surface area contributed by atoms with E-state index in [2.05, 4.69) is 33.4 Å². The molecule has 0 unspecified atom stereocenters. The fourth-order valence-electron chi connectivity index (χ4n) is 4.47. The van der Waals surface area contributed by atoms with Gasteiger partial charge in [-0.2, -0.15) is 13.2 Å². The summed E-state index contributed by atoms with van der Waals surface area (Å²) in [5, 5.41) is 8.57. The molecule has 0 spiro atoms. The average Bonchev–Trinajstić information content (AvgIpc) is 2.80. The monoisotopic (exact) mass is 535 g/mol. The first kappa shape index (κ1) is 23.4. The van der Waals surface area contributed by atoms with Crippen molar-refractivity contribution in [1.29, 1.82) is 0 Å². The molecule has 1 N–H and O–H groups in total. The third-order valence-corrected chi connectivity index (χ3v) is 6.55. The van der Waals surface area contributed by atoms with Crippen LogP contribution in [0.25, 0.3) is 43.4 Å². The average molecular weight is 536 g/mol. The maximum atomic E-state index is 13.2. The molecule has 6 heteroatoms. The number of nitrogens with one attached hydrogen (secondary N) is 1. The molecule has 0 saturated carbocycles. The van der Waals surface area contributed by atoms with Gasteiger partial charge >= 0.3 is 6.18 Å². The minimum atomic E-state index is -4.40. The summed E-state index contributed by atoms with van der Waals surface area (Å²) in [5.41, 5.74) is 1.37. The number of carbonyl (C=O) groups is 1. The molecule has 0 heterocycles. The van der Waals surface area contributed by atoms with E-state index in [1.54, 1.807) is 6.07 Å². The van der Waals surface area contributed by atoms with Crippen molar-refractivity contribution in [3.8, 4) is 11.1 Å². The van der Waals surface area contributed by atoms with E-state index in [0.29, 0.717) is 11.1 Å². The van der Waals surface area contributed by atoms with E-state index in [4.69, 9.17) is 0 Å². The van der Waals surface area contributed by atoms with Crippen LogP contribution < -0.4 is 5.32 Å². The number of alkyl halides is 3. The topological polar surface area (TPSA) is 29.1 Å². The van der Waals surface area contributed by atoms with E-state index in [0.717, 1.165) is 54.5 Å². The summed E-state index contributed by atoms with van der Waals surface area (Å²) in [6, 6.07) is 22.9. The van der Waals surface area contributed by atoms with Gasteiger partial charge in [0.25, 0.3) is 5.91 Å². The van der Waals surface area contributed by atoms with Crippen LogP contribution in [-0.2, 0) is 6.18 Å². The van der Waals surface area contributed by atoms with E-state index < -0.39 is 11.7 Å². The van der Waals surface area contributed by atoms with E-state index in [-0.39, 0.29) is 11.9 Å². The zero-order valence-electron chi connectivity index (χ0n) is 19.0. The summed E-state index contributed by atoms with van der Waals surface area (Å²) in [5.74, 6) is -0.165. The second-order valence-corrected chi connectivity index (χ2v) is 9.87. The van der Waals surface area contributed by atoms with Gasteiger partial charge in [0.1, 0.15) is 0 Å². The molecule has 0 fully saturated rings. The van der Waals surface area contributed by atoms with E-state index in [1.165, 1.54) is 12.1 Å². The predicted octanol–water partition coefficient (Wildman–Crippen LogP) is 8.73. The number of amides is 1. The van der Waals surface area contributed by atoms with Crippen LogP contribution in [0.15, 0.2) is 83.3 Å².